The fourth-order valence-corrected chi connectivity index (χ4v) is 4.14. The lowest BCUT2D eigenvalue weighted by molar-refractivity contribution is -0.148. The molecule has 0 saturated heterocycles. The molecular weight excluding hydrogens is 244 g/mol. The zero-order valence-corrected chi connectivity index (χ0v) is 13.4. The van der Waals surface area contributed by atoms with E-state index in [4.69, 9.17) is 9.16 Å². The van der Waals surface area contributed by atoms with E-state index in [0.29, 0.717) is 11.8 Å². The van der Waals surface area contributed by atoms with Crippen molar-refractivity contribution in [3.8, 4) is 0 Å². The fraction of sp³-hybridized carbons (Fsp3) is 0.929. The summed E-state index contributed by atoms with van der Waals surface area (Å²) in [6.45, 7) is 11.2. The van der Waals surface area contributed by atoms with Crippen molar-refractivity contribution in [2.24, 2.45) is 17.8 Å². The lowest BCUT2D eigenvalue weighted by Gasteiger charge is -2.40. The molecule has 4 heteroatoms. The van der Waals surface area contributed by atoms with Crippen molar-refractivity contribution in [1.82, 2.24) is 0 Å². The highest BCUT2D eigenvalue weighted by molar-refractivity contribution is 6.74. The Balaban J connectivity index is 2.09. The lowest BCUT2D eigenvalue weighted by atomic mass is 10.0. The van der Waals surface area contributed by atoms with Crippen LogP contribution in [0.1, 0.15) is 33.6 Å². The van der Waals surface area contributed by atoms with E-state index in [-0.39, 0.29) is 23.0 Å². The van der Waals surface area contributed by atoms with Crippen LogP contribution in [0.15, 0.2) is 0 Å². The van der Waals surface area contributed by atoms with E-state index in [1.165, 1.54) is 13.5 Å². The molecular formula is C14H26O3Si. The molecule has 4 atom stereocenters. The van der Waals surface area contributed by atoms with Gasteiger partial charge in [0.15, 0.2) is 8.32 Å². The van der Waals surface area contributed by atoms with E-state index < -0.39 is 8.32 Å². The van der Waals surface area contributed by atoms with Crippen LogP contribution in [0.4, 0.5) is 0 Å². The standard InChI is InChI=1S/C14H26O3Si/c1-14(2,3)18(5,6)17-12-10-7-9(10)8-11(12)13(15)16-4/h9-12H,7-8H2,1-6H3/t9?,10?,11-,12+/m1/s1. The average Bonchev–Trinajstić information content (AvgIpc) is 2.93. The Hall–Kier alpha value is -0.353. The van der Waals surface area contributed by atoms with Crippen molar-refractivity contribution < 1.29 is 14.0 Å². The second-order valence-electron chi connectivity index (χ2n) is 7.37. The van der Waals surface area contributed by atoms with Crippen LogP contribution in [0.5, 0.6) is 0 Å². The summed E-state index contributed by atoms with van der Waals surface area (Å²) in [6.07, 6.45) is 2.33. The minimum absolute atomic E-state index is 0.0205. The Morgan fingerprint density at radius 2 is 1.83 bits per heavy atom. The molecule has 2 aliphatic carbocycles. The highest BCUT2D eigenvalue weighted by Crippen LogP contribution is 2.57. The van der Waals surface area contributed by atoms with Crippen molar-refractivity contribution in [1.29, 1.82) is 0 Å². The molecule has 0 spiro atoms. The molecule has 104 valence electrons. The van der Waals surface area contributed by atoms with E-state index in [1.807, 2.05) is 0 Å². The molecule has 2 saturated carbocycles. The second kappa shape index (κ2) is 4.34. The Labute approximate surface area is 111 Å². The molecule has 2 aliphatic rings. The fourth-order valence-electron chi connectivity index (χ4n) is 2.77. The molecule has 0 N–H and O–H groups in total. The van der Waals surface area contributed by atoms with Gasteiger partial charge in [0.25, 0.3) is 0 Å². The quantitative estimate of drug-likeness (QED) is 0.583. The van der Waals surface area contributed by atoms with Gasteiger partial charge >= 0.3 is 5.97 Å². The lowest BCUT2D eigenvalue weighted by Crippen LogP contribution is -2.46. The van der Waals surface area contributed by atoms with Crippen LogP contribution >= 0.6 is 0 Å². The van der Waals surface area contributed by atoms with E-state index in [0.717, 1.165) is 6.42 Å². The summed E-state index contributed by atoms with van der Waals surface area (Å²) in [5.41, 5.74) is 0. The number of carbonyl (C=O) groups excluding carboxylic acids is 1. The Morgan fingerprint density at radius 3 is 2.33 bits per heavy atom. The third-order valence-corrected chi connectivity index (χ3v) is 9.57. The highest BCUT2D eigenvalue weighted by Gasteiger charge is 2.58. The zero-order chi connectivity index (χ0) is 13.7. The van der Waals surface area contributed by atoms with Gasteiger partial charge in [-0.15, -0.1) is 0 Å². The van der Waals surface area contributed by atoms with Gasteiger partial charge in [-0.05, 0) is 42.8 Å². The van der Waals surface area contributed by atoms with Gasteiger partial charge in [0.05, 0.1) is 19.1 Å². The number of esters is 1. The first kappa shape index (κ1) is 14.1. The van der Waals surface area contributed by atoms with Gasteiger partial charge in [-0.3, -0.25) is 4.79 Å². The second-order valence-corrected chi connectivity index (χ2v) is 12.1. The summed E-state index contributed by atoms with van der Waals surface area (Å²) < 4.78 is 11.4. The molecule has 0 heterocycles. The summed E-state index contributed by atoms with van der Waals surface area (Å²) in [4.78, 5) is 11.8. The molecule has 2 fully saturated rings. The van der Waals surface area contributed by atoms with E-state index in [2.05, 4.69) is 33.9 Å². The van der Waals surface area contributed by atoms with Crippen LogP contribution < -0.4 is 0 Å². The van der Waals surface area contributed by atoms with Gasteiger partial charge in [0.2, 0.25) is 0 Å². The topological polar surface area (TPSA) is 35.5 Å². The number of methoxy groups -OCH3 is 1. The molecule has 2 unspecified atom stereocenters. The van der Waals surface area contributed by atoms with Crippen LogP contribution in [0.3, 0.4) is 0 Å². The van der Waals surface area contributed by atoms with Crippen molar-refractivity contribution in [2.45, 2.75) is 57.8 Å². The molecule has 2 rings (SSSR count). The maximum atomic E-state index is 11.8. The number of hydrogen-bond donors (Lipinski definition) is 0. The third kappa shape index (κ3) is 2.37. The number of ether oxygens (including phenoxy) is 1. The van der Waals surface area contributed by atoms with Gasteiger partial charge in [-0.1, -0.05) is 20.8 Å². The normalized spacial score (nSPS) is 35.2. The van der Waals surface area contributed by atoms with Crippen molar-refractivity contribution in [3.05, 3.63) is 0 Å². The predicted molar refractivity (Wildman–Crippen MR) is 73.8 cm³/mol. The largest absolute Gasteiger partial charge is 0.469 e. The summed E-state index contributed by atoms with van der Waals surface area (Å²) in [5, 5.41) is 0.195. The Morgan fingerprint density at radius 1 is 1.22 bits per heavy atom. The van der Waals surface area contributed by atoms with Gasteiger partial charge in [0.1, 0.15) is 0 Å². The van der Waals surface area contributed by atoms with Gasteiger partial charge in [-0.25, -0.2) is 0 Å². The highest BCUT2D eigenvalue weighted by atomic mass is 28.4. The number of hydrogen-bond acceptors (Lipinski definition) is 3. The smallest absolute Gasteiger partial charge is 0.311 e. The summed E-state index contributed by atoms with van der Waals surface area (Å²) >= 11 is 0. The molecule has 0 aromatic heterocycles. The molecule has 18 heavy (non-hydrogen) atoms. The van der Waals surface area contributed by atoms with Crippen molar-refractivity contribution >= 4 is 14.3 Å². The van der Waals surface area contributed by atoms with E-state index in [1.54, 1.807) is 0 Å². The van der Waals surface area contributed by atoms with Gasteiger partial charge in [0, 0.05) is 0 Å². The number of fused-ring (bicyclic) bond motifs is 1. The summed E-state index contributed by atoms with van der Waals surface area (Å²) in [6, 6.07) is 0. The van der Waals surface area contributed by atoms with Crippen molar-refractivity contribution in [3.63, 3.8) is 0 Å². The first-order chi connectivity index (χ1) is 8.17. The Kier molecular flexibility index (Phi) is 3.39. The Bertz CT molecular complexity index is 345. The van der Waals surface area contributed by atoms with E-state index in [9.17, 15) is 4.79 Å². The molecule has 3 nitrogen and oxygen atoms in total. The van der Waals surface area contributed by atoms with Crippen LogP contribution in [-0.4, -0.2) is 27.5 Å². The first-order valence-electron chi connectivity index (χ1n) is 6.93. The summed E-state index contributed by atoms with van der Waals surface area (Å²) in [5.74, 6) is 1.23. The maximum absolute atomic E-state index is 11.8. The third-order valence-electron chi connectivity index (χ3n) is 5.09. The van der Waals surface area contributed by atoms with Crippen LogP contribution in [0, 0.1) is 17.8 Å². The minimum atomic E-state index is -1.79. The van der Waals surface area contributed by atoms with Gasteiger partial charge in [-0.2, -0.15) is 0 Å². The molecule has 0 aliphatic heterocycles. The maximum Gasteiger partial charge on any atom is 0.311 e. The van der Waals surface area contributed by atoms with Crippen LogP contribution in [0.25, 0.3) is 0 Å². The van der Waals surface area contributed by atoms with Crippen LogP contribution in [0.2, 0.25) is 18.1 Å². The SMILES string of the molecule is COC(=O)[C@@H]1CC2CC2[C@@H]1O[Si](C)(C)C(C)(C)C. The average molecular weight is 270 g/mol. The van der Waals surface area contributed by atoms with Crippen LogP contribution in [-0.2, 0) is 14.0 Å². The molecule has 0 aromatic rings. The number of carbonyl (C=O) groups is 1. The van der Waals surface area contributed by atoms with Crippen molar-refractivity contribution in [2.75, 3.05) is 7.11 Å². The zero-order valence-electron chi connectivity index (χ0n) is 12.4. The minimum Gasteiger partial charge on any atom is -0.469 e. The molecule has 0 radical (unpaired) electrons. The summed E-state index contributed by atoms with van der Waals surface area (Å²) in [7, 11) is -0.311. The molecule has 0 bridgehead atoms. The first-order valence-corrected chi connectivity index (χ1v) is 9.84. The molecule has 0 aromatic carbocycles. The van der Waals surface area contributed by atoms with Gasteiger partial charge < -0.3 is 9.16 Å². The monoisotopic (exact) mass is 270 g/mol. The predicted octanol–water partition coefficient (Wildman–Crippen LogP) is 3.21. The van der Waals surface area contributed by atoms with E-state index >= 15 is 0 Å². The number of rotatable bonds is 3. The molecule has 0 amide bonds.